The van der Waals surface area contributed by atoms with Gasteiger partial charge in [-0.05, 0) is 54.2 Å². The Balaban J connectivity index is 2.08. The summed E-state index contributed by atoms with van der Waals surface area (Å²) in [5.41, 5.74) is -0.459. The highest BCUT2D eigenvalue weighted by Gasteiger charge is 2.34. The molecule has 0 aromatic heterocycles. The van der Waals surface area contributed by atoms with Crippen LogP contribution in [-0.2, 0) is 9.59 Å². The maximum absolute atomic E-state index is 12.9. The number of nitro benzene ring substituents is 1. The standard InChI is InChI=1S/C18H12ClN3O6S/c1-28-14-8-9(7-13(15(14)23)22(26)27)6-12-16(24)20-18(29)21(17(12)25)11-4-2-10(19)3-5-11/h2-8,23H,1H3,(H,20,24,29)/b12-6-. The molecule has 0 radical (unpaired) electrons. The van der Waals surface area contributed by atoms with E-state index in [1.807, 2.05) is 0 Å². The minimum Gasteiger partial charge on any atom is -0.500 e. The van der Waals surface area contributed by atoms with Gasteiger partial charge in [0.1, 0.15) is 5.57 Å². The van der Waals surface area contributed by atoms with Crippen LogP contribution in [0.4, 0.5) is 11.4 Å². The zero-order chi connectivity index (χ0) is 21.3. The van der Waals surface area contributed by atoms with Crippen molar-refractivity contribution >= 4 is 58.2 Å². The molecular weight excluding hydrogens is 422 g/mol. The third-order valence-corrected chi connectivity index (χ3v) is 4.53. The van der Waals surface area contributed by atoms with E-state index in [-0.39, 0.29) is 22.0 Å². The summed E-state index contributed by atoms with van der Waals surface area (Å²) >= 11 is 11.0. The molecule has 0 atom stereocenters. The number of anilines is 1. The Morgan fingerprint density at radius 1 is 1.28 bits per heavy atom. The first-order chi connectivity index (χ1) is 13.7. The topological polar surface area (TPSA) is 122 Å². The summed E-state index contributed by atoms with van der Waals surface area (Å²) in [6.07, 6.45) is 1.15. The van der Waals surface area contributed by atoms with Gasteiger partial charge in [0.25, 0.3) is 11.8 Å². The minimum absolute atomic E-state index is 0.105. The second kappa shape index (κ2) is 7.86. The molecule has 0 aliphatic carbocycles. The maximum Gasteiger partial charge on any atom is 0.315 e. The van der Waals surface area contributed by atoms with Gasteiger partial charge in [-0.3, -0.25) is 29.9 Å². The van der Waals surface area contributed by atoms with Gasteiger partial charge in [0, 0.05) is 11.1 Å². The highest BCUT2D eigenvalue weighted by Crippen LogP contribution is 2.37. The Hall–Kier alpha value is -3.50. The van der Waals surface area contributed by atoms with Crippen molar-refractivity contribution in [1.82, 2.24) is 5.32 Å². The molecule has 1 saturated heterocycles. The zero-order valence-electron chi connectivity index (χ0n) is 14.7. The molecule has 0 unspecified atom stereocenters. The van der Waals surface area contributed by atoms with Crippen LogP contribution in [0.2, 0.25) is 5.02 Å². The van der Waals surface area contributed by atoms with E-state index in [0.29, 0.717) is 10.7 Å². The second-order valence-electron chi connectivity index (χ2n) is 5.78. The number of benzene rings is 2. The van der Waals surface area contributed by atoms with Gasteiger partial charge in [0.15, 0.2) is 10.9 Å². The number of hydrogen-bond acceptors (Lipinski definition) is 7. The van der Waals surface area contributed by atoms with Gasteiger partial charge in [-0.2, -0.15) is 0 Å². The molecule has 0 spiro atoms. The second-order valence-corrected chi connectivity index (χ2v) is 6.61. The van der Waals surface area contributed by atoms with Crippen molar-refractivity contribution in [3.05, 3.63) is 62.7 Å². The predicted octanol–water partition coefficient (Wildman–Crippen LogP) is 2.79. The zero-order valence-corrected chi connectivity index (χ0v) is 16.3. The van der Waals surface area contributed by atoms with Crippen molar-refractivity contribution in [2.75, 3.05) is 12.0 Å². The number of aromatic hydroxyl groups is 1. The number of carbonyl (C=O) groups excluding carboxylic acids is 2. The summed E-state index contributed by atoms with van der Waals surface area (Å²) in [5, 5.41) is 23.8. The molecule has 2 N–H and O–H groups in total. The van der Waals surface area contributed by atoms with E-state index in [1.54, 1.807) is 24.3 Å². The highest BCUT2D eigenvalue weighted by molar-refractivity contribution is 7.80. The van der Waals surface area contributed by atoms with Crippen molar-refractivity contribution in [2.45, 2.75) is 0 Å². The van der Waals surface area contributed by atoms with Crippen LogP contribution in [0.25, 0.3) is 6.08 Å². The summed E-state index contributed by atoms with van der Waals surface area (Å²) in [5.74, 6) is -2.33. The van der Waals surface area contributed by atoms with Crippen LogP contribution >= 0.6 is 23.8 Å². The Kier molecular flexibility index (Phi) is 5.48. The fourth-order valence-electron chi connectivity index (χ4n) is 2.64. The molecular formula is C18H12ClN3O6S. The lowest BCUT2D eigenvalue weighted by molar-refractivity contribution is -0.386. The summed E-state index contributed by atoms with van der Waals surface area (Å²) in [6, 6.07) is 8.49. The molecule has 1 aliphatic heterocycles. The summed E-state index contributed by atoms with van der Waals surface area (Å²) in [4.78, 5) is 36.7. The number of amides is 2. The fourth-order valence-corrected chi connectivity index (χ4v) is 3.05. The minimum atomic E-state index is -0.808. The Morgan fingerprint density at radius 3 is 2.52 bits per heavy atom. The van der Waals surface area contributed by atoms with E-state index in [9.17, 15) is 24.8 Å². The first kappa shape index (κ1) is 20.2. The Labute approximate surface area is 174 Å². The smallest absolute Gasteiger partial charge is 0.315 e. The lowest BCUT2D eigenvalue weighted by Gasteiger charge is -2.28. The number of hydrogen-bond donors (Lipinski definition) is 2. The third kappa shape index (κ3) is 3.89. The molecule has 1 aliphatic rings. The molecule has 29 heavy (non-hydrogen) atoms. The van der Waals surface area contributed by atoms with Crippen molar-refractivity contribution in [1.29, 1.82) is 0 Å². The number of nitrogens with one attached hydrogen (secondary N) is 1. The van der Waals surface area contributed by atoms with Crippen LogP contribution in [0.1, 0.15) is 5.56 Å². The van der Waals surface area contributed by atoms with Gasteiger partial charge in [-0.15, -0.1) is 0 Å². The normalized spacial score (nSPS) is 15.4. The van der Waals surface area contributed by atoms with Gasteiger partial charge in [0.05, 0.1) is 17.7 Å². The molecule has 0 bridgehead atoms. The number of phenols is 1. The number of phenolic OH excluding ortho intramolecular Hbond substituents is 1. The van der Waals surface area contributed by atoms with E-state index >= 15 is 0 Å². The van der Waals surface area contributed by atoms with Crippen molar-refractivity contribution in [2.24, 2.45) is 0 Å². The molecule has 3 rings (SSSR count). The number of thiocarbonyl (C=S) groups is 1. The van der Waals surface area contributed by atoms with Gasteiger partial charge < -0.3 is 9.84 Å². The van der Waals surface area contributed by atoms with Gasteiger partial charge >= 0.3 is 5.69 Å². The third-order valence-electron chi connectivity index (χ3n) is 3.99. The van der Waals surface area contributed by atoms with Crippen LogP contribution in [0, 0.1) is 10.1 Å². The molecule has 2 amide bonds. The highest BCUT2D eigenvalue weighted by atomic mass is 35.5. The van der Waals surface area contributed by atoms with E-state index in [0.717, 1.165) is 17.0 Å². The maximum atomic E-state index is 12.9. The van der Waals surface area contributed by atoms with E-state index in [1.165, 1.54) is 13.2 Å². The SMILES string of the molecule is COc1cc(/C=C2/C(=O)NC(=S)N(c3ccc(Cl)cc3)C2=O)cc([N+](=O)[O-])c1O. The van der Waals surface area contributed by atoms with Crippen LogP contribution in [0.5, 0.6) is 11.5 Å². The molecule has 0 saturated carbocycles. The summed E-state index contributed by atoms with van der Waals surface area (Å²) in [7, 11) is 1.22. The van der Waals surface area contributed by atoms with E-state index in [2.05, 4.69) is 5.32 Å². The van der Waals surface area contributed by atoms with Crippen molar-refractivity contribution in [3.63, 3.8) is 0 Å². The van der Waals surface area contributed by atoms with Crippen LogP contribution in [0.15, 0.2) is 42.0 Å². The number of nitrogens with zero attached hydrogens (tertiary/aromatic N) is 2. The van der Waals surface area contributed by atoms with E-state index < -0.39 is 28.2 Å². The van der Waals surface area contributed by atoms with Crippen molar-refractivity contribution in [3.8, 4) is 11.5 Å². The molecule has 2 aromatic carbocycles. The molecule has 1 fully saturated rings. The number of methoxy groups -OCH3 is 1. The van der Waals surface area contributed by atoms with Crippen molar-refractivity contribution < 1.29 is 24.4 Å². The monoisotopic (exact) mass is 433 g/mol. The van der Waals surface area contributed by atoms with E-state index in [4.69, 9.17) is 28.6 Å². The molecule has 148 valence electrons. The first-order valence-corrected chi connectivity index (χ1v) is 8.74. The van der Waals surface area contributed by atoms with Crippen LogP contribution in [-0.4, -0.2) is 34.1 Å². The van der Waals surface area contributed by atoms with Gasteiger partial charge in [0.2, 0.25) is 5.75 Å². The van der Waals surface area contributed by atoms with Crippen LogP contribution < -0.4 is 15.0 Å². The van der Waals surface area contributed by atoms with Gasteiger partial charge in [-0.25, -0.2) is 0 Å². The number of carbonyl (C=O) groups is 2. The number of rotatable bonds is 4. The van der Waals surface area contributed by atoms with Crippen LogP contribution in [0.3, 0.4) is 0 Å². The number of ether oxygens (including phenoxy) is 1. The summed E-state index contributed by atoms with van der Waals surface area (Å²) < 4.78 is 4.93. The average molecular weight is 434 g/mol. The quantitative estimate of drug-likeness (QED) is 0.250. The molecule has 1 heterocycles. The lowest BCUT2D eigenvalue weighted by Crippen LogP contribution is -2.54. The average Bonchev–Trinajstić information content (AvgIpc) is 2.67. The molecule has 11 heteroatoms. The first-order valence-electron chi connectivity index (χ1n) is 7.95. The lowest BCUT2D eigenvalue weighted by atomic mass is 10.1. The fraction of sp³-hybridized carbons (Fsp3) is 0.0556. The molecule has 2 aromatic rings. The number of nitro groups is 1. The Bertz CT molecular complexity index is 1080. The Morgan fingerprint density at radius 2 is 1.93 bits per heavy atom. The summed E-state index contributed by atoms with van der Waals surface area (Å²) in [6.45, 7) is 0. The van der Waals surface area contributed by atoms with Gasteiger partial charge in [-0.1, -0.05) is 11.6 Å². The predicted molar refractivity (Wildman–Crippen MR) is 109 cm³/mol. The number of halogens is 1. The largest absolute Gasteiger partial charge is 0.500 e. The molecule has 9 nitrogen and oxygen atoms in total.